The van der Waals surface area contributed by atoms with Gasteiger partial charge in [0, 0.05) is 86.6 Å². The van der Waals surface area contributed by atoms with Crippen molar-refractivity contribution in [1.82, 2.24) is 48.3 Å². The second-order valence-electron chi connectivity index (χ2n) is 15.7. The SMILES string of the molecule is CCCc1nccn1Cc1cccc(C(CCOCCC(Sc2ccc3ncc([N+](=O)[O-])n3n2)c2cccc(Cn3ccnc3CCC)c2C)Sc2ccc3ncc([N+](=O)[O-])n3n2)c1C. The number of nitrogens with zero attached hydrogens (tertiary/aromatic N) is 12. The van der Waals surface area contributed by atoms with Crippen LogP contribution in [0.15, 0.2) is 108 Å². The van der Waals surface area contributed by atoms with Crippen LogP contribution in [0.25, 0.3) is 11.3 Å². The van der Waals surface area contributed by atoms with E-state index in [4.69, 9.17) is 4.74 Å². The van der Waals surface area contributed by atoms with Gasteiger partial charge in [-0.2, -0.15) is 0 Å². The Hall–Kier alpha value is -6.44. The summed E-state index contributed by atoms with van der Waals surface area (Å²) in [6.07, 6.45) is 15.3. The number of thioether (sulfide) groups is 2. The average Bonchev–Trinajstić information content (AvgIpc) is 4.12. The molecular formula is C46H50N12O5S2. The fraction of sp³-hybridized carbons (Fsp3) is 0.348. The Morgan fingerprint density at radius 3 is 1.49 bits per heavy atom. The Morgan fingerprint density at radius 2 is 1.08 bits per heavy atom. The molecule has 2 atom stereocenters. The second kappa shape index (κ2) is 20.6. The molecule has 0 bridgehead atoms. The van der Waals surface area contributed by atoms with Crippen LogP contribution in [0, 0.1) is 34.1 Å². The van der Waals surface area contributed by atoms with Crippen LogP contribution in [0.1, 0.15) is 95.1 Å². The molecule has 0 saturated carbocycles. The van der Waals surface area contributed by atoms with Gasteiger partial charge in [0.05, 0.1) is 0 Å². The van der Waals surface area contributed by atoms with Gasteiger partial charge >= 0.3 is 11.6 Å². The summed E-state index contributed by atoms with van der Waals surface area (Å²) in [6.45, 7) is 10.8. The van der Waals surface area contributed by atoms with Gasteiger partial charge < -0.3 is 34.1 Å². The monoisotopic (exact) mass is 914 g/mol. The highest BCUT2D eigenvalue weighted by molar-refractivity contribution is 7.99. The van der Waals surface area contributed by atoms with Crippen molar-refractivity contribution in [3.05, 3.63) is 163 Å². The number of rotatable bonds is 22. The molecule has 8 rings (SSSR count). The van der Waals surface area contributed by atoms with Gasteiger partial charge in [-0.05, 0) is 94.9 Å². The molecule has 2 aromatic carbocycles. The molecule has 19 heteroatoms. The average molecular weight is 915 g/mol. The lowest BCUT2D eigenvalue weighted by Crippen LogP contribution is -2.11. The predicted molar refractivity (Wildman–Crippen MR) is 250 cm³/mol. The summed E-state index contributed by atoms with van der Waals surface area (Å²) < 4.78 is 13.5. The van der Waals surface area contributed by atoms with Gasteiger partial charge in [-0.25, -0.2) is 19.9 Å². The fourth-order valence-corrected chi connectivity index (χ4v) is 10.4. The van der Waals surface area contributed by atoms with Gasteiger partial charge in [0.2, 0.25) is 11.3 Å². The zero-order chi connectivity index (χ0) is 45.5. The highest BCUT2D eigenvalue weighted by Crippen LogP contribution is 2.41. The van der Waals surface area contributed by atoms with E-state index in [1.807, 2.05) is 36.9 Å². The van der Waals surface area contributed by atoms with Gasteiger partial charge in [-0.1, -0.05) is 93.0 Å². The molecule has 336 valence electrons. The third-order valence-electron chi connectivity index (χ3n) is 11.5. The number of aromatic nitrogens is 10. The number of ether oxygens (including phenoxy) is 1. The van der Waals surface area contributed by atoms with Crippen molar-refractivity contribution in [3.8, 4) is 0 Å². The lowest BCUT2D eigenvalue weighted by molar-refractivity contribution is -0.391. The number of imidazole rings is 4. The Morgan fingerprint density at radius 1 is 0.631 bits per heavy atom. The first-order chi connectivity index (χ1) is 31.6. The van der Waals surface area contributed by atoms with Gasteiger partial charge in [0.15, 0.2) is 0 Å². The molecule has 0 saturated heterocycles. The van der Waals surface area contributed by atoms with Crippen LogP contribution in [-0.4, -0.2) is 71.4 Å². The molecule has 65 heavy (non-hydrogen) atoms. The number of fused-ring (bicyclic) bond motifs is 2. The molecule has 0 N–H and O–H groups in total. The molecule has 0 aliphatic heterocycles. The number of hydrogen-bond donors (Lipinski definition) is 0. The van der Waals surface area contributed by atoms with Crippen molar-refractivity contribution in [2.24, 2.45) is 0 Å². The van der Waals surface area contributed by atoms with Crippen molar-refractivity contribution in [2.75, 3.05) is 13.2 Å². The van der Waals surface area contributed by atoms with Gasteiger partial charge in [-0.3, -0.25) is 0 Å². The summed E-state index contributed by atoms with van der Waals surface area (Å²) in [7, 11) is 0. The lowest BCUT2D eigenvalue weighted by atomic mass is 9.98. The second-order valence-corrected chi connectivity index (χ2v) is 18.2. The standard InChI is InChI=1S/C46H50N12O5S2/c1-5-9-39-47-21-23-53(39)29-33-11-7-13-35(31(33)3)37(64-43-17-15-41-49-27-45(57(59)60)55(41)51-43)19-25-63-26-20-38(65-44-18-16-42-50-28-46(58(61)62)56(42)52-44)36-14-8-12-34(32(36)4)30-54-24-22-48-40(54)10-6-2/h7-8,11-18,21-24,27-28,37-38H,5-6,9-10,19-20,25-26,29-30H2,1-4H3. The molecule has 0 aliphatic rings. The van der Waals surface area contributed by atoms with E-state index in [-0.39, 0.29) is 22.1 Å². The van der Waals surface area contributed by atoms with Crippen LogP contribution in [0.3, 0.4) is 0 Å². The van der Waals surface area contributed by atoms with Crippen molar-refractivity contribution >= 4 is 46.5 Å². The molecule has 0 amide bonds. The minimum absolute atomic E-state index is 0.104. The molecule has 17 nitrogen and oxygen atoms in total. The summed E-state index contributed by atoms with van der Waals surface area (Å²) in [4.78, 5) is 40.2. The third-order valence-corrected chi connectivity index (χ3v) is 14.0. The van der Waals surface area contributed by atoms with Gasteiger partial charge in [0.1, 0.15) is 34.1 Å². The molecular weight excluding hydrogens is 865 g/mol. The topological polar surface area (TPSA) is 192 Å². The first-order valence-corrected chi connectivity index (χ1v) is 23.4. The summed E-state index contributed by atoms with van der Waals surface area (Å²) in [5, 5.41) is 34.0. The Labute approximate surface area is 384 Å². The number of aryl methyl sites for hydroxylation is 2. The van der Waals surface area contributed by atoms with E-state index in [0.29, 0.717) is 60.5 Å². The van der Waals surface area contributed by atoms with Crippen molar-refractivity contribution in [3.63, 3.8) is 0 Å². The van der Waals surface area contributed by atoms with Gasteiger partial charge in [-0.15, -0.1) is 0 Å². The summed E-state index contributed by atoms with van der Waals surface area (Å²) in [6, 6.07) is 20.0. The normalized spacial score (nSPS) is 12.6. The quantitative estimate of drug-likeness (QED) is 0.0270. The van der Waals surface area contributed by atoms with E-state index in [1.54, 1.807) is 35.7 Å². The predicted octanol–water partition coefficient (Wildman–Crippen LogP) is 9.76. The molecule has 6 aromatic heterocycles. The molecule has 0 fully saturated rings. The highest BCUT2D eigenvalue weighted by Gasteiger charge is 2.24. The molecule has 2 unspecified atom stereocenters. The van der Waals surface area contributed by atoms with Crippen LogP contribution in [0.5, 0.6) is 0 Å². The Bertz CT molecular complexity index is 2750. The first-order valence-electron chi connectivity index (χ1n) is 21.7. The first kappa shape index (κ1) is 45.1. The molecule has 6 heterocycles. The van der Waals surface area contributed by atoms with Crippen molar-refractivity contribution in [2.45, 2.75) is 99.9 Å². The summed E-state index contributed by atoms with van der Waals surface area (Å²) >= 11 is 3.09. The maximum atomic E-state index is 11.8. The van der Waals surface area contributed by atoms with Crippen LogP contribution in [0.4, 0.5) is 11.6 Å². The lowest BCUT2D eigenvalue weighted by Gasteiger charge is -2.22. The third kappa shape index (κ3) is 10.3. The maximum absolute atomic E-state index is 11.8. The molecule has 8 aromatic rings. The van der Waals surface area contributed by atoms with Gasteiger partial charge in [0.25, 0.3) is 0 Å². The molecule has 0 spiro atoms. The molecule has 0 radical (unpaired) electrons. The van der Waals surface area contributed by atoms with Crippen molar-refractivity contribution in [1.29, 1.82) is 0 Å². The summed E-state index contributed by atoms with van der Waals surface area (Å²) in [5.41, 5.74) is 7.73. The zero-order valence-corrected chi connectivity index (χ0v) is 38.3. The van der Waals surface area contributed by atoms with Crippen LogP contribution in [0.2, 0.25) is 0 Å². The minimum Gasteiger partial charge on any atom is -0.381 e. The van der Waals surface area contributed by atoms with E-state index >= 15 is 0 Å². The fourth-order valence-electron chi connectivity index (χ4n) is 8.08. The van der Waals surface area contributed by atoms with Crippen LogP contribution in [-0.2, 0) is 30.7 Å². The maximum Gasteiger partial charge on any atom is 0.368 e. The minimum atomic E-state index is -0.481. The smallest absolute Gasteiger partial charge is 0.368 e. The van der Waals surface area contributed by atoms with E-state index in [0.717, 1.165) is 59.6 Å². The Kier molecular flexibility index (Phi) is 14.3. The van der Waals surface area contributed by atoms with E-state index in [1.165, 1.54) is 32.6 Å². The number of hydrogen-bond acceptors (Lipinski definition) is 13. The largest absolute Gasteiger partial charge is 0.381 e. The van der Waals surface area contributed by atoms with Crippen LogP contribution >= 0.6 is 23.5 Å². The van der Waals surface area contributed by atoms with E-state index in [2.05, 4.69) is 103 Å². The Balaban J connectivity index is 1.04. The zero-order valence-electron chi connectivity index (χ0n) is 36.7. The van der Waals surface area contributed by atoms with E-state index in [9.17, 15) is 20.2 Å². The summed E-state index contributed by atoms with van der Waals surface area (Å²) in [5.74, 6) is 1.71. The molecule has 0 aliphatic carbocycles. The number of benzene rings is 2. The number of nitro groups is 2. The van der Waals surface area contributed by atoms with Crippen molar-refractivity contribution < 1.29 is 14.6 Å². The highest BCUT2D eigenvalue weighted by atomic mass is 32.2. The van der Waals surface area contributed by atoms with Crippen LogP contribution < -0.4 is 0 Å². The van der Waals surface area contributed by atoms with E-state index < -0.39 is 9.85 Å².